The molecule has 0 atom stereocenters. The molecule has 1 fully saturated rings. The van der Waals surface area contributed by atoms with E-state index < -0.39 is 0 Å². The number of hydrogen-bond acceptors (Lipinski definition) is 7. The third-order valence-electron chi connectivity index (χ3n) is 3.89. The standard InChI is InChI=1S/C16H20Cl2N6O/c17-12-2-1-11(9-13(12)18)23-16-14(19)15(21-10-22-16)20-3-4-24-5-7-25-8-6-24/h1-2,9-10H,3-8,19H2,(H2,20,21,22,23). The fourth-order valence-electron chi connectivity index (χ4n) is 2.50. The lowest BCUT2D eigenvalue weighted by Crippen LogP contribution is -2.39. The number of aromatic nitrogens is 2. The van der Waals surface area contributed by atoms with Crippen molar-refractivity contribution in [1.29, 1.82) is 0 Å². The Morgan fingerprint density at radius 2 is 1.88 bits per heavy atom. The fraction of sp³-hybridized carbons (Fsp3) is 0.375. The van der Waals surface area contributed by atoms with Gasteiger partial charge in [-0.1, -0.05) is 23.2 Å². The molecule has 0 amide bonds. The summed E-state index contributed by atoms with van der Waals surface area (Å²) in [5.74, 6) is 1.12. The molecule has 0 aliphatic carbocycles. The Hall–Kier alpha value is -1.80. The molecule has 1 aliphatic rings. The van der Waals surface area contributed by atoms with E-state index in [0.717, 1.165) is 45.1 Å². The Balaban J connectivity index is 1.61. The summed E-state index contributed by atoms with van der Waals surface area (Å²) in [6.07, 6.45) is 1.47. The van der Waals surface area contributed by atoms with Crippen LogP contribution in [-0.4, -0.2) is 54.3 Å². The molecule has 1 aromatic carbocycles. The number of morpholine rings is 1. The zero-order valence-electron chi connectivity index (χ0n) is 13.6. The first kappa shape index (κ1) is 18.0. The van der Waals surface area contributed by atoms with Crippen molar-refractivity contribution in [3.05, 3.63) is 34.6 Å². The van der Waals surface area contributed by atoms with E-state index in [1.165, 1.54) is 6.33 Å². The second kappa shape index (κ2) is 8.53. The highest BCUT2D eigenvalue weighted by Crippen LogP contribution is 2.29. The monoisotopic (exact) mass is 382 g/mol. The van der Waals surface area contributed by atoms with Crippen LogP contribution in [0.25, 0.3) is 0 Å². The maximum atomic E-state index is 6.18. The summed E-state index contributed by atoms with van der Waals surface area (Å²) in [5, 5.41) is 7.35. The average molecular weight is 383 g/mol. The molecule has 134 valence electrons. The number of nitrogens with zero attached hydrogens (tertiary/aromatic N) is 3. The third kappa shape index (κ3) is 4.85. The van der Waals surface area contributed by atoms with Gasteiger partial charge in [0.05, 0.1) is 23.3 Å². The summed E-state index contributed by atoms with van der Waals surface area (Å²) in [4.78, 5) is 10.7. The van der Waals surface area contributed by atoms with Crippen LogP contribution in [0.4, 0.5) is 23.0 Å². The Morgan fingerprint density at radius 3 is 2.64 bits per heavy atom. The van der Waals surface area contributed by atoms with E-state index in [-0.39, 0.29) is 0 Å². The Kier molecular flexibility index (Phi) is 6.14. The molecule has 25 heavy (non-hydrogen) atoms. The predicted octanol–water partition coefficient (Wildman–Crippen LogP) is 2.85. The van der Waals surface area contributed by atoms with Gasteiger partial charge in [-0.15, -0.1) is 0 Å². The molecule has 0 radical (unpaired) electrons. The van der Waals surface area contributed by atoms with Crippen molar-refractivity contribution in [1.82, 2.24) is 14.9 Å². The number of rotatable bonds is 6. The molecule has 9 heteroatoms. The van der Waals surface area contributed by atoms with E-state index in [1.807, 2.05) is 0 Å². The first-order valence-electron chi connectivity index (χ1n) is 8.00. The molecular weight excluding hydrogens is 363 g/mol. The number of nitrogens with one attached hydrogen (secondary N) is 2. The molecule has 0 unspecified atom stereocenters. The molecular formula is C16H20Cl2N6O. The van der Waals surface area contributed by atoms with Crippen LogP contribution in [0.5, 0.6) is 0 Å². The minimum atomic E-state index is 0.454. The molecule has 3 rings (SSSR count). The minimum Gasteiger partial charge on any atom is -0.393 e. The van der Waals surface area contributed by atoms with Crippen LogP contribution in [0.2, 0.25) is 10.0 Å². The summed E-state index contributed by atoms with van der Waals surface area (Å²) in [6.45, 7) is 5.12. The van der Waals surface area contributed by atoms with Gasteiger partial charge in [0.2, 0.25) is 0 Å². The minimum absolute atomic E-state index is 0.454. The highest BCUT2D eigenvalue weighted by molar-refractivity contribution is 6.42. The van der Waals surface area contributed by atoms with E-state index in [9.17, 15) is 0 Å². The predicted molar refractivity (Wildman–Crippen MR) is 102 cm³/mol. The topological polar surface area (TPSA) is 88.3 Å². The van der Waals surface area contributed by atoms with Gasteiger partial charge in [-0.3, -0.25) is 4.90 Å². The summed E-state index contributed by atoms with van der Waals surface area (Å²) in [7, 11) is 0. The lowest BCUT2D eigenvalue weighted by atomic mass is 10.3. The van der Waals surface area contributed by atoms with Crippen LogP contribution in [0.15, 0.2) is 24.5 Å². The lowest BCUT2D eigenvalue weighted by Gasteiger charge is -2.26. The van der Waals surface area contributed by atoms with Crippen molar-refractivity contribution in [3.63, 3.8) is 0 Å². The number of halogens is 2. The van der Waals surface area contributed by atoms with Crippen molar-refractivity contribution >= 4 is 46.2 Å². The van der Waals surface area contributed by atoms with Gasteiger partial charge in [0.1, 0.15) is 12.0 Å². The van der Waals surface area contributed by atoms with E-state index in [0.29, 0.717) is 27.4 Å². The summed E-state index contributed by atoms with van der Waals surface area (Å²) in [6, 6.07) is 5.24. The van der Waals surface area contributed by atoms with Gasteiger partial charge in [0.25, 0.3) is 0 Å². The van der Waals surface area contributed by atoms with Crippen molar-refractivity contribution in [2.75, 3.05) is 55.8 Å². The largest absolute Gasteiger partial charge is 0.393 e. The van der Waals surface area contributed by atoms with Crippen molar-refractivity contribution in [2.45, 2.75) is 0 Å². The smallest absolute Gasteiger partial charge is 0.159 e. The highest BCUT2D eigenvalue weighted by Gasteiger charge is 2.12. The molecule has 7 nitrogen and oxygen atoms in total. The van der Waals surface area contributed by atoms with Crippen molar-refractivity contribution < 1.29 is 4.74 Å². The number of ether oxygens (including phenoxy) is 1. The number of nitrogen functional groups attached to an aromatic ring is 1. The zero-order chi connectivity index (χ0) is 17.6. The highest BCUT2D eigenvalue weighted by atomic mass is 35.5. The molecule has 1 aromatic heterocycles. The molecule has 4 N–H and O–H groups in total. The maximum Gasteiger partial charge on any atom is 0.159 e. The number of nitrogens with two attached hydrogens (primary N) is 1. The first-order valence-corrected chi connectivity index (χ1v) is 8.75. The average Bonchev–Trinajstić information content (AvgIpc) is 2.62. The van der Waals surface area contributed by atoms with Crippen molar-refractivity contribution in [2.24, 2.45) is 0 Å². The van der Waals surface area contributed by atoms with E-state index in [1.54, 1.807) is 18.2 Å². The zero-order valence-corrected chi connectivity index (χ0v) is 15.1. The van der Waals surface area contributed by atoms with Gasteiger partial charge < -0.3 is 21.1 Å². The SMILES string of the molecule is Nc1c(NCCN2CCOCC2)ncnc1Nc1ccc(Cl)c(Cl)c1. The van der Waals surface area contributed by atoms with Crippen molar-refractivity contribution in [3.8, 4) is 0 Å². The van der Waals surface area contributed by atoms with E-state index in [4.69, 9.17) is 33.7 Å². The molecule has 0 spiro atoms. The van der Waals surface area contributed by atoms with Gasteiger partial charge in [-0.2, -0.15) is 0 Å². The van der Waals surface area contributed by atoms with Gasteiger partial charge in [-0.25, -0.2) is 9.97 Å². The van der Waals surface area contributed by atoms with Crippen LogP contribution >= 0.6 is 23.2 Å². The summed E-state index contributed by atoms with van der Waals surface area (Å²) in [5.41, 5.74) is 7.38. The Labute approximate surface area is 156 Å². The van der Waals surface area contributed by atoms with E-state index >= 15 is 0 Å². The van der Waals surface area contributed by atoms with E-state index in [2.05, 4.69) is 25.5 Å². The van der Waals surface area contributed by atoms with Crippen LogP contribution in [0, 0.1) is 0 Å². The molecule has 0 saturated carbocycles. The van der Waals surface area contributed by atoms with Crippen LogP contribution in [0.1, 0.15) is 0 Å². The van der Waals surface area contributed by atoms with Gasteiger partial charge in [-0.05, 0) is 18.2 Å². The molecule has 2 aromatic rings. The first-order chi connectivity index (χ1) is 12.1. The number of hydrogen-bond donors (Lipinski definition) is 3. The lowest BCUT2D eigenvalue weighted by molar-refractivity contribution is 0.0398. The van der Waals surface area contributed by atoms with Gasteiger partial charge in [0.15, 0.2) is 11.6 Å². The Bertz CT molecular complexity index is 724. The number of benzene rings is 1. The summed E-state index contributed by atoms with van der Waals surface area (Å²) >= 11 is 12.0. The Morgan fingerprint density at radius 1 is 1.12 bits per heavy atom. The van der Waals surface area contributed by atoms with Crippen LogP contribution in [-0.2, 0) is 4.74 Å². The molecule has 0 bridgehead atoms. The summed E-state index contributed by atoms with van der Waals surface area (Å²) < 4.78 is 5.34. The van der Waals surface area contributed by atoms with Gasteiger partial charge >= 0.3 is 0 Å². The van der Waals surface area contributed by atoms with Crippen LogP contribution < -0.4 is 16.4 Å². The molecule has 1 saturated heterocycles. The van der Waals surface area contributed by atoms with Crippen LogP contribution in [0.3, 0.4) is 0 Å². The third-order valence-corrected chi connectivity index (χ3v) is 4.63. The normalized spacial score (nSPS) is 15.1. The maximum absolute atomic E-state index is 6.18. The quantitative estimate of drug-likeness (QED) is 0.707. The fourth-order valence-corrected chi connectivity index (χ4v) is 2.80. The second-order valence-electron chi connectivity index (χ2n) is 5.62. The number of anilines is 4. The molecule has 1 aliphatic heterocycles. The molecule has 2 heterocycles. The van der Waals surface area contributed by atoms with Gasteiger partial charge in [0, 0.05) is 31.9 Å². The second-order valence-corrected chi connectivity index (χ2v) is 6.43.